The van der Waals surface area contributed by atoms with Crippen LogP contribution in [-0.4, -0.2) is 31.3 Å². The van der Waals surface area contributed by atoms with E-state index >= 15 is 0 Å². The van der Waals surface area contributed by atoms with Gasteiger partial charge in [0.2, 0.25) is 0 Å². The van der Waals surface area contributed by atoms with E-state index in [1.165, 1.54) is 0 Å². The summed E-state index contributed by atoms with van der Waals surface area (Å²) in [6, 6.07) is 0.635. The molecule has 1 fully saturated rings. The van der Waals surface area contributed by atoms with Crippen LogP contribution in [0.15, 0.2) is 0 Å². The van der Waals surface area contributed by atoms with Gasteiger partial charge in [-0.1, -0.05) is 0 Å². The van der Waals surface area contributed by atoms with Gasteiger partial charge in [-0.3, -0.25) is 0 Å². The van der Waals surface area contributed by atoms with E-state index in [1.807, 2.05) is 27.8 Å². The first-order valence-corrected chi connectivity index (χ1v) is 5.55. The number of carbonyl (C=O) groups is 1. The van der Waals surface area contributed by atoms with Gasteiger partial charge in [0, 0.05) is 12.6 Å². The van der Waals surface area contributed by atoms with Crippen molar-refractivity contribution in [1.29, 1.82) is 0 Å². The molecule has 0 bridgehead atoms. The molecule has 0 atom stereocenters. The summed E-state index contributed by atoms with van der Waals surface area (Å²) in [4.78, 5) is 11.3. The summed E-state index contributed by atoms with van der Waals surface area (Å²) in [5, 5.41) is 6.01. The lowest BCUT2D eigenvalue weighted by Gasteiger charge is -2.35. The summed E-state index contributed by atoms with van der Waals surface area (Å²) < 4.78 is 5.14. The Kier molecular flexibility index (Phi) is 3.97. The molecule has 4 nitrogen and oxygen atoms in total. The van der Waals surface area contributed by atoms with Gasteiger partial charge in [0.1, 0.15) is 5.60 Å². The highest BCUT2D eigenvalue weighted by Crippen LogP contribution is 2.26. The number of hydrogen-bond donors (Lipinski definition) is 2. The highest BCUT2D eigenvalue weighted by atomic mass is 16.6. The summed E-state index contributed by atoms with van der Waals surface area (Å²) in [6.07, 6.45) is 1.98. The Morgan fingerprint density at radius 2 is 2.00 bits per heavy atom. The second kappa shape index (κ2) is 4.84. The molecule has 0 spiro atoms. The molecule has 1 aliphatic rings. The monoisotopic (exact) mass is 214 g/mol. The number of amides is 1. The van der Waals surface area contributed by atoms with Gasteiger partial charge < -0.3 is 15.4 Å². The highest BCUT2D eigenvalue weighted by molar-refractivity contribution is 5.67. The molecule has 0 unspecified atom stereocenters. The van der Waals surface area contributed by atoms with E-state index in [0.29, 0.717) is 12.0 Å². The number of carbonyl (C=O) groups excluding carboxylic acids is 1. The number of nitrogens with one attached hydrogen (secondary N) is 2. The van der Waals surface area contributed by atoms with E-state index in [-0.39, 0.29) is 6.09 Å². The largest absolute Gasteiger partial charge is 0.444 e. The molecule has 1 rings (SSSR count). The van der Waals surface area contributed by atoms with Gasteiger partial charge >= 0.3 is 6.09 Å². The first-order chi connectivity index (χ1) is 6.90. The molecule has 1 saturated carbocycles. The Bertz CT molecular complexity index is 217. The third-order valence-electron chi connectivity index (χ3n) is 2.58. The first-order valence-electron chi connectivity index (χ1n) is 5.55. The zero-order chi connectivity index (χ0) is 11.5. The molecule has 15 heavy (non-hydrogen) atoms. The number of ether oxygens (including phenoxy) is 1. The smallest absolute Gasteiger partial charge is 0.407 e. The highest BCUT2D eigenvalue weighted by Gasteiger charge is 2.28. The second-order valence-electron chi connectivity index (χ2n) is 5.21. The third-order valence-corrected chi connectivity index (χ3v) is 2.58. The average molecular weight is 214 g/mol. The van der Waals surface area contributed by atoms with Crippen molar-refractivity contribution in [2.24, 2.45) is 5.92 Å². The molecule has 0 radical (unpaired) electrons. The fourth-order valence-electron chi connectivity index (χ4n) is 1.68. The minimum absolute atomic E-state index is 0.310. The van der Waals surface area contributed by atoms with Crippen LogP contribution >= 0.6 is 0 Å². The molecule has 4 heteroatoms. The molecule has 1 aliphatic carbocycles. The zero-order valence-corrected chi connectivity index (χ0v) is 10.1. The lowest BCUT2D eigenvalue weighted by Crippen LogP contribution is -2.45. The maximum absolute atomic E-state index is 11.3. The first kappa shape index (κ1) is 12.3. The van der Waals surface area contributed by atoms with Crippen molar-refractivity contribution in [3.05, 3.63) is 0 Å². The molecule has 0 heterocycles. The van der Waals surface area contributed by atoms with Crippen LogP contribution in [-0.2, 0) is 4.74 Å². The van der Waals surface area contributed by atoms with E-state index in [4.69, 9.17) is 4.74 Å². The minimum atomic E-state index is -0.406. The van der Waals surface area contributed by atoms with Crippen molar-refractivity contribution in [3.63, 3.8) is 0 Å². The van der Waals surface area contributed by atoms with Gasteiger partial charge in [-0.05, 0) is 46.6 Å². The van der Waals surface area contributed by atoms with Gasteiger partial charge in [-0.15, -0.1) is 0 Å². The van der Waals surface area contributed by atoms with Crippen LogP contribution in [0.1, 0.15) is 33.6 Å². The Labute approximate surface area is 91.8 Å². The van der Waals surface area contributed by atoms with Crippen LogP contribution < -0.4 is 10.6 Å². The molecule has 2 N–H and O–H groups in total. The molecule has 0 aromatic rings. The summed E-state index contributed by atoms with van der Waals surface area (Å²) in [6.45, 7) is 6.33. The fourth-order valence-corrected chi connectivity index (χ4v) is 1.68. The maximum Gasteiger partial charge on any atom is 0.407 e. The minimum Gasteiger partial charge on any atom is -0.444 e. The van der Waals surface area contributed by atoms with Crippen molar-refractivity contribution in [1.82, 2.24) is 10.6 Å². The SMILES string of the molecule is CNC1CC(CNC(=O)OC(C)(C)C)C1. The van der Waals surface area contributed by atoms with Gasteiger partial charge in [0.25, 0.3) is 0 Å². The van der Waals surface area contributed by atoms with Gasteiger partial charge in [0.05, 0.1) is 0 Å². The Hall–Kier alpha value is -0.770. The van der Waals surface area contributed by atoms with Gasteiger partial charge in [-0.25, -0.2) is 4.79 Å². The van der Waals surface area contributed by atoms with E-state index in [2.05, 4.69) is 10.6 Å². The molecule has 0 aromatic carbocycles. The molecular weight excluding hydrogens is 192 g/mol. The maximum atomic E-state index is 11.3. The predicted octanol–water partition coefficient (Wildman–Crippen LogP) is 1.51. The van der Waals surface area contributed by atoms with Crippen LogP contribution in [0.4, 0.5) is 4.79 Å². The molecule has 88 valence electrons. The van der Waals surface area contributed by atoms with Crippen LogP contribution in [0.5, 0.6) is 0 Å². The topological polar surface area (TPSA) is 50.4 Å². The molecular formula is C11H22N2O2. The van der Waals surface area contributed by atoms with Crippen molar-refractivity contribution in [2.75, 3.05) is 13.6 Å². The summed E-state index contributed by atoms with van der Waals surface area (Å²) in [5.74, 6) is 0.606. The standard InChI is InChI=1S/C11H22N2O2/c1-11(2,3)15-10(14)13-7-8-5-9(6-8)12-4/h8-9,12H,5-7H2,1-4H3,(H,13,14). The second-order valence-corrected chi connectivity index (χ2v) is 5.21. The van der Waals surface area contributed by atoms with Gasteiger partial charge in [0.15, 0.2) is 0 Å². The van der Waals surface area contributed by atoms with E-state index in [0.717, 1.165) is 19.4 Å². The quantitative estimate of drug-likeness (QED) is 0.748. The number of alkyl carbamates (subject to hydrolysis) is 1. The van der Waals surface area contributed by atoms with Crippen LogP contribution in [0.3, 0.4) is 0 Å². The molecule has 0 saturated heterocycles. The van der Waals surface area contributed by atoms with E-state index in [1.54, 1.807) is 0 Å². The summed E-state index contributed by atoms with van der Waals surface area (Å²) >= 11 is 0. The number of hydrogen-bond acceptors (Lipinski definition) is 3. The lowest BCUT2D eigenvalue weighted by molar-refractivity contribution is 0.0504. The Morgan fingerprint density at radius 1 is 1.40 bits per heavy atom. The van der Waals surface area contributed by atoms with Crippen LogP contribution in [0, 0.1) is 5.92 Å². The summed E-state index contributed by atoms with van der Waals surface area (Å²) in [5.41, 5.74) is -0.406. The Morgan fingerprint density at radius 3 is 2.47 bits per heavy atom. The lowest BCUT2D eigenvalue weighted by atomic mass is 9.80. The van der Waals surface area contributed by atoms with Gasteiger partial charge in [-0.2, -0.15) is 0 Å². The number of rotatable bonds is 3. The normalized spacial score (nSPS) is 25.6. The molecule has 0 aromatic heterocycles. The van der Waals surface area contributed by atoms with Crippen molar-refractivity contribution in [3.8, 4) is 0 Å². The predicted molar refractivity (Wildman–Crippen MR) is 59.8 cm³/mol. The van der Waals surface area contributed by atoms with E-state index < -0.39 is 5.60 Å². The van der Waals surface area contributed by atoms with E-state index in [9.17, 15) is 4.79 Å². The third kappa shape index (κ3) is 4.51. The zero-order valence-electron chi connectivity index (χ0n) is 10.1. The summed E-state index contributed by atoms with van der Waals surface area (Å²) in [7, 11) is 1.97. The fraction of sp³-hybridized carbons (Fsp3) is 0.909. The molecule has 1 amide bonds. The average Bonchev–Trinajstić information content (AvgIpc) is 1.98. The molecule has 0 aliphatic heterocycles. The van der Waals surface area contributed by atoms with Crippen LogP contribution in [0.2, 0.25) is 0 Å². The van der Waals surface area contributed by atoms with Crippen molar-refractivity contribution >= 4 is 6.09 Å². The van der Waals surface area contributed by atoms with Crippen LogP contribution in [0.25, 0.3) is 0 Å². The van der Waals surface area contributed by atoms with Crippen molar-refractivity contribution < 1.29 is 9.53 Å². The Balaban J connectivity index is 2.08. The van der Waals surface area contributed by atoms with Crippen molar-refractivity contribution in [2.45, 2.75) is 45.3 Å².